The van der Waals surface area contributed by atoms with Crippen molar-refractivity contribution >= 4 is 5.97 Å². The third-order valence-corrected chi connectivity index (χ3v) is 4.71. The number of aryl methyl sites for hydroxylation is 1. The number of carbonyl (C=O) groups is 1. The summed E-state index contributed by atoms with van der Waals surface area (Å²) >= 11 is 0. The molecule has 0 saturated carbocycles. The molecular weight excluding hydrogens is 341 g/mol. The second-order valence-electron chi connectivity index (χ2n) is 6.64. The van der Waals surface area contributed by atoms with Crippen LogP contribution in [0.25, 0.3) is 16.9 Å². The Balaban J connectivity index is 2.01. The molecule has 1 heterocycles. The van der Waals surface area contributed by atoms with Crippen molar-refractivity contribution in [3.63, 3.8) is 0 Å². The summed E-state index contributed by atoms with van der Waals surface area (Å²) in [5.41, 5.74) is 6.40. The Labute approximate surface area is 159 Å². The second-order valence-corrected chi connectivity index (χ2v) is 6.64. The maximum atomic E-state index is 13.4. The Morgan fingerprint density at radius 1 is 1.04 bits per heavy atom. The SMILES string of the molecule is CCC(=O)OCCc1cc(-c2ccc(C)cc2)n(-c2ccc(F)cc2)c1C. The zero-order chi connectivity index (χ0) is 19.4. The molecule has 0 unspecified atom stereocenters. The van der Waals surface area contributed by atoms with Crippen LogP contribution in [0.1, 0.15) is 30.2 Å². The van der Waals surface area contributed by atoms with Gasteiger partial charge in [-0.25, -0.2) is 4.39 Å². The predicted molar refractivity (Wildman–Crippen MR) is 106 cm³/mol. The minimum absolute atomic E-state index is 0.190. The Bertz CT molecular complexity index is 924. The Morgan fingerprint density at radius 3 is 2.33 bits per heavy atom. The van der Waals surface area contributed by atoms with Crippen molar-refractivity contribution in [2.75, 3.05) is 6.61 Å². The third kappa shape index (κ3) is 4.27. The number of hydrogen-bond acceptors (Lipinski definition) is 2. The molecule has 1 aromatic heterocycles. The van der Waals surface area contributed by atoms with E-state index in [-0.39, 0.29) is 11.8 Å². The third-order valence-electron chi connectivity index (χ3n) is 4.71. The number of ether oxygens (including phenoxy) is 1. The lowest BCUT2D eigenvalue weighted by Crippen LogP contribution is -2.06. The van der Waals surface area contributed by atoms with Gasteiger partial charge in [0.1, 0.15) is 5.82 Å². The first kappa shape index (κ1) is 18.9. The van der Waals surface area contributed by atoms with Crippen LogP contribution in [-0.2, 0) is 16.0 Å². The molecule has 0 spiro atoms. The lowest BCUT2D eigenvalue weighted by atomic mass is 10.1. The number of aromatic nitrogens is 1. The molecule has 0 fully saturated rings. The van der Waals surface area contributed by atoms with Gasteiger partial charge in [0, 0.05) is 24.2 Å². The van der Waals surface area contributed by atoms with Gasteiger partial charge in [-0.15, -0.1) is 0 Å². The maximum absolute atomic E-state index is 13.4. The van der Waals surface area contributed by atoms with Crippen LogP contribution in [0.2, 0.25) is 0 Å². The highest BCUT2D eigenvalue weighted by Crippen LogP contribution is 2.30. The summed E-state index contributed by atoms with van der Waals surface area (Å²) in [4.78, 5) is 11.4. The summed E-state index contributed by atoms with van der Waals surface area (Å²) in [6, 6.07) is 17.0. The van der Waals surface area contributed by atoms with Crippen LogP contribution in [0.15, 0.2) is 54.6 Å². The van der Waals surface area contributed by atoms with E-state index in [1.807, 2.05) is 6.92 Å². The van der Waals surface area contributed by atoms with E-state index in [9.17, 15) is 9.18 Å². The molecule has 0 bridgehead atoms. The van der Waals surface area contributed by atoms with Crippen LogP contribution in [0, 0.1) is 19.7 Å². The topological polar surface area (TPSA) is 31.2 Å². The van der Waals surface area contributed by atoms with Crippen molar-refractivity contribution in [2.24, 2.45) is 0 Å². The van der Waals surface area contributed by atoms with Crippen LogP contribution >= 0.6 is 0 Å². The predicted octanol–water partition coefficient (Wildman–Crippen LogP) is 5.40. The fraction of sp³-hybridized carbons (Fsp3) is 0.261. The van der Waals surface area contributed by atoms with Crippen LogP contribution in [0.3, 0.4) is 0 Å². The Kier molecular flexibility index (Phi) is 5.75. The summed E-state index contributed by atoms with van der Waals surface area (Å²) < 4.78 is 20.8. The minimum atomic E-state index is -0.257. The molecule has 0 saturated heterocycles. The van der Waals surface area contributed by atoms with E-state index in [0.717, 1.165) is 28.2 Å². The fourth-order valence-electron chi connectivity index (χ4n) is 3.15. The highest BCUT2D eigenvalue weighted by molar-refractivity contribution is 5.69. The van der Waals surface area contributed by atoms with Gasteiger partial charge < -0.3 is 9.30 Å². The highest BCUT2D eigenvalue weighted by atomic mass is 19.1. The quantitative estimate of drug-likeness (QED) is 0.548. The molecule has 3 rings (SSSR count). The first-order valence-electron chi connectivity index (χ1n) is 9.19. The van der Waals surface area contributed by atoms with Gasteiger partial charge >= 0.3 is 5.97 Å². The van der Waals surface area contributed by atoms with Crippen LogP contribution < -0.4 is 0 Å². The summed E-state index contributed by atoms with van der Waals surface area (Å²) in [5.74, 6) is -0.448. The molecule has 4 heteroatoms. The first-order valence-corrected chi connectivity index (χ1v) is 9.19. The van der Waals surface area contributed by atoms with Crippen molar-refractivity contribution in [1.29, 1.82) is 0 Å². The molecule has 0 aliphatic heterocycles. The molecule has 2 aromatic carbocycles. The van der Waals surface area contributed by atoms with E-state index >= 15 is 0 Å². The van der Waals surface area contributed by atoms with Gasteiger partial charge in [0.25, 0.3) is 0 Å². The molecule has 3 nitrogen and oxygen atoms in total. The van der Waals surface area contributed by atoms with Gasteiger partial charge in [0.15, 0.2) is 0 Å². The molecule has 0 aliphatic rings. The Hall–Kier alpha value is -2.88. The van der Waals surface area contributed by atoms with Gasteiger partial charge in [-0.1, -0.05) is 36.8 Å². The average Bonchev–Trinajstić information content (AvgIpc) is 2.99. The van der Waals surface area contributed by atoms with Crippen LogP contribution in [-0.4, -0.2) is 17.1 Å². The van der Waals surface area contributed by atoms with E-state index in [1.165, 1.54) is 17.7 Å². The molecule has 0 atom stereocenters. The molecule has 0 radical (unpaired) electrons. The fourth-order valence-corrected chi connectivity index (χ4v) is 3.15. The van der Waals surface area contributed by atoms with Crippen molar-refractivity contribution in [3.05, 3.63) is 77.2 Å². The summed E-state index contributed by atoms with van der Waals surface area (Å²) in [6.07, 6.45) is 1.02. The monoisotopic (exact) mass is 365 g/mol. The lowest BCUT2D eigenvalue weighted by molar-refractivity contribution is -0.143. The van der Waals surface area contributed by atoms with Gasteiger partial charge in [0.2, 0.25) is 0 Å². The van der Waals surface area contributed by atoms with Crippen LogP contribution in [0.4, 0.5) is 4.39 Å². The molecule has 0 N–H and O–H groups in total. The number of halogens is 1. The first-order chi connectivity index (χ1) is 13.0. The van der Waals surface area contributed by atoms with Gasteiger partial charge in [0.05, 0.1) is 12.3 Å². The largest absolute Gasteiger partial charge is 0.465 e. The van der Waals surface area contributed by atoms with Crippen LogP contribution in [0.5, 0.6) is 0 Å². The van der Waals surface area contributed by atoms with Crippen molar-refractivity contribution in [2.45, 2.75) is 33.6 Å². The molecule has 0 amide bonds. The van der Waals surface area contributed by atoms with E-state index in [2.05, 4.69) is 41.8 Å². The lowest BCUT2D eigenvalue weighted by Gasteiger charge is -2.13. The molecule has 27 heavy (non-hydrogen) atoms. The smallest absolute Gasteiger partial charge is 0.305 e. The normalized spacial score (nSPS) is 10.8. The number of hydrogen-bond donors (Lipinski definition) is 0. The van der Waals surface area contributed by atoms with E-state index < -0.39 is 0 Å². The zero-order valence-corrected chi connectivity index (χ0v) is 16.0. The Morgan fingerprint density at radius 2 is 1.70 bits per heavy atom. The second kappa shape index (κ2) is 8.21. The van der Waals surface area contributed by atoms with Gasteiger partial charge in [-0.05, 0) is 55.3 Å². The number of benzene rings is 2. The minimum Gasteiger partial charge on any atom is -0.465 e. The van der Waals surface area contributed by atoms with Gasteiger partial charge in [-0.2, -0.15) is 0 Å². The summed E-state index contributed by atoms with van der Waals surface area (Å²) in [7, 11) is 0. The number of esters is 1. The summed E-state index contributed by atoms with van der Waals surface area (Å²) in [5, 5.41) is 0. The molecular formula is C23H24FNO2. The van der Waals surface area contributed by atoms with Crippen molar-refractivity contribution < 1.29 is 13.9 Å². The standard InChI is InChI=1S/C23H24FNO2/c1-4-23(26)27-14-13-19-15-22(18-7-5-16(2)6-8-18)25(17(19)3)21-11-9-20(24)10-12-21/h5-12,15H,4,13-14H2,1-3H3. The summed E-state index contributed by atoms with van der Waals surface area (Å²) in [6.45, 7) is 6.24. The van der Waals surface area contributed by atoms with E-state index in [4.69, 9.17) is 4.74 Å². The molecule has 140 valence electrons. The van der Waals surface area contributed by atoms with E-state index in [1.54, 1.807) is 19.1 Å². The number of carbonyl (C=O) groups excluding carboxylic acids is 1. The zero-order valence-electron chi connectivity index (χ0n) is 16.0. The highest BCUT2D eigenvalue weighted by Gasteiger charge is 2.15. The van der Waals surface area contributed by atoms with Gasteiger partial charge in [-0.3, -0.25) is 4.79 Å². The number of nitrogens with zero attached hydrogens (tertiary/aromatic N) is 1. The van der Waals surface area contributed by atoms with E-state index in [0.29, 0.717) is 19.4 Å². The molecule has 3 aromatic rings. The van der Waals surface area contributed by atoms with Crippen molar-refractivity contribution in [1.82, 2.24) is 4.57 Å². The number of rotatable bonds is 6. The van der Waals surface area contributed by atoms with Crippen molar-refractivity contribution in [3.8, 4) is 16.9 Å². The average molecular weight is 365 g/mol. The maximum Gasteiger partial charge on any atom is 0.305 e. The molecule has 0 aliphatic carbocycles.